The molecule has 0 bridgehead atoms. The number of alkyl halides is 1. The lowest BCUT2D eigenvalue weighted by atomic mass is 10.0. The highest BCUT2D eigenvalue weighted by Crippen LogP contribution is 2.13. The van der Waals surface area contributed by atoms with E-state index in [1.807, 2.05) is 26.0 Å². The molecule has 7 heteroatoms. The van der Waals surface area contributed by atoms with Gasteiger partial charge in [-0.15, -0.1) is 0 Å². The minimum absolute atomic E-state index is 0.0610. The predicted octanol–water partition coefficient (Wildman–Crippen LogP) is 7.31. The van der Waals surface area contributed by atoms with Gasteiger partial charge < -0.3 is 14.4 Å². The number of halogens is 1. The van der Waals surface area contributed by atoms with Crippen LogP contribution >= 0.6 is 22.6 Å². The first kappa shape index (κ1) is 36.7. The maximum absolute atomic E-state index is 11.9. The molecule has 0 aliphatic rings. The summed E-state index contributed by atoms with van der Waals surface area (Å²) in [6, 6.07) is 0. The first-order chi connectivity index (χ1) is 16.3. The molecule has 5 nitrogen and oxygen atoms in total. The fourth-order valence-electron chi connectivity index (χ4n) is 3.64. The highest BCUT2D eigenvalue weighted by atomic mass is 127. The van der Waals surface area contributed by atoms with Gasteiger partial charge in [-0.1, -0.05) is 126 Å². The molecular weight excluding hydrogens is 561 g/mol. The molecule has 0 aromatic rings. The summed E-state index contributed by atoms with van der Waals surface area (Å²) in [6.45, 7) is 3.35. The zero-order valence-corrected chi connectivity index (χ0v) is 26.3. The van der Waals surface area contributed by atoms with Crippen molar-refractivity contribution in [3.05, 3.63) is 0 Å². The Morgan fingerprint density at radius 2 is 1.12 bits per heavy atom. The summed E-state index contributed by atoms with van der Waals surface area (Å²) in [5.74, 6) is 0.276. The molecule has 208 valence electrons. The Hall–Kier alpha value is 0.560. The van der Waals surface area contributed by atoms with Gasteiger partial charge in [0, 0.05) is 18.1 Å². The molecule has 0 heterocycles. The van der Waals surface area contributed by atoms with Gasteiger partial charge in [0.2, 0.25) is 0 Å². The lowest BCUT2D eigenvalue weighted by Crippen LogP contribution is -2.29. The van der Waals surface area contributed by atoms with Gasteiger partial charge in [0.15, 0.2) is 9.84 Å². The van der Waals surface area contributed by atoms with Gasteiger partial charge in [0.05, 0.1) is 24.2 Å². The van der Waals surface area contributed by atoms with E-state index < -0.39 is 9.84 Å². The van der Waals surface area contributed by atoms with Gasteiger partial charge in [0.25, 0.3) is 0 Å². The Labute approximate surface area is 227 Å². The lowest BCUT2D eigenvalue weighted by molar-refractivity contribution is 0.0190. The maximum atomic E-state index is 11.9. The van der Waals surface area contributed by atoms with E-state index in [0.29, 0.717) is 17.6 Å². The molecule has 0 aromatic carbocycles. The predicted molar refractivity (Wildman–Crippen MR) is 158 cm³/mol. The number of hydrogen-bond acceptors (Lipinski definition) is 5. The van der Waals surface area contributed by atoms with Crippen LogP contribution in [0.25, 0.3) is 0 Å². The molecule has 0 saturated carbocycles. The molecule has 0 aliphatic carbocycles. The van der Waals surface area contributed by atoms with Crippen molar-refractivity contribution in [2.75, 3.05) is 57.4 Å². The standard InChI is InChI=1S/C24H49IO4S.C3H9N/c1-3-4-5-6-7-8-9-10-11-12-13-14-15-16-17-18-20-29-22-24(28-2)23-30(26,27)21-19-25;1-4(2)3/h24H,3-23H2,1-2H3;1-3H3. The molecule has 0 aromatic heterocycles. The van der Waals surface area contributed by atoms with Crippen molar-refractivity contribution in [1.29, 1.82) is 0 Å². The minimum atomic E-state index is -3.03. The maximum Gasteiger partial charge on any atom is 0.153 e. The van der Waals surface area contributed by atoms with Crippen LogP contribution in [0.3, 0.4) is 0 Å². The second kappa shape index (κ2) is 28.1. The van der Waals surface area contributed by atoms with Gasteiger partial charge in [-0.2, -0.15) is 0 Å². The van der Waals surface area contributed by atoms with E-state index in [1.165, 1.54) is 96.3 Å². The van der Waals surface area contributed by atoms with E-state index >= 15 is 0 Å². The highest BCUT2D eigenvalue weighted by molar-refractivity contribution is 14.1. The summed E-state index contributed by atoms with van der Waals surface area (Å²) in [4.78, 5) is 2.00. The van der Waals surface area contributed by atoms with Crippen molar-refractivity contribution >= 4 is 32.4 Å². The van der Waals surface area contributed by atoms with E-state index in [1.54, 1.807) is 7.11 Å². The van der Waals surface area contributed by atoms with Crippen LogP contribution in [0.5, 0.6) is 0 Å². The molecular formula is C27H58INO4S. The summed E-state index contributed by atoms with van der Waals surface area (Å²) in [5, 5.41) is 0. The van der Waals surface area contributed by atoms with Crippen LogP contribution in [-0.2, 0) is 19.3 Å². The highest BCUT2D eigenvalue weighted by Gasteiger charge is 2.18. The molecule has 0 amide bonds. The van der Waals surface area contributed by atoms with E-state index in [9.17, 15) is 8.42 Å². The monoisotopic (exact) mass is 619 g/mol. The number of rotatable bonds is 24. The number of nitrogens with zero attached hydrogens (tertiary/aromatic N) is 1. The van der Waals surface area contributed by atoms with Crippen LogP contribution in [0.1, 0.15) is 110 Å². The number of methoxy groups -OCH3 is 1. The molecule has 0 aliphatic heterocycles. The largest absolute Gasteiger partial charge is 0.379 e. The third-order valence-electron chi connectivity index (χ3n) is 5.61. The molecule has 34 heavy (non-hydrogen) atoms. The number of ether oxygens (including phenoxy) is 2. The first-order valence-electron chi connectivity index (χ1n) is 13.8. The summed E-state index contributed by atoms with van der Waals surface area (Å²) >= 11 is 2.09. The smallest absolute Gasteiger partial charge is 0.153 e. The van der Waals surface area contributed by atoms with E-state index in [0.717, 1.165) is 6.42 Å². The molecule has 0 fully saturated rings. The molecule has 1 atom stereocenters. The Bertz CT molecular complexity index is 486. The van der Waals surface area contributed by atoms with E-state index in [2.05, 4.69) is 29.5 Å². The van der Waals surface area contributed by atoms with Crippen molar-refractivity contribution in [2.45, 2.75) is 116 Å². The van der Waals surface area contributed by atoms with Crippen molar-refractivity contribution in [2.24, 2.45) is 0 Å². The van der Waals surface area contributed by atoms with Crippen LogP contribution in [0.15, 0.2) is 0 Å². The SMILES string of the molecule is CCCCCCCCCCCCCCCCCCOCC(CS(=O)(=O)CCI)OC.CN(C)C. The molecule has 0 spiro atoms. The Kier molecular flexibility index (Phi) is 30.4. The Balaban J connectivity index is 0. The average Bonchev–Trinajstić information content (AvgIpc) is 2.77. The molecule has 0 radical (unpaired) electrons. The van der Waals surface area contributed by atoms with Crippen molar-refractivity contribution < 1.29 is 17.9 Å². The molecule has 0 rings (SSSR count). The fourth-order valence-corrected chi connectivity index (χ4v) is 6.85. The summed E-state index contributed by atoms with van der Waals surface area (Å²) < 4.78 is 35.2. The third-order valence-corrected chi connectivity index (χ3v) is 8.58. The lowest BCUT2D eigenvalue weighted by Gasteiger charge is -2.15. The van der Waals surface area contributed by atoms with Crippen LogP contribution in [-0.4, -0.2) is 76.8 Å². The second-order valence-corrected chi connectivity index (χ2v) is 13.2. The van der Waals surface area contributed by atoms with Gasteiger partial charge in [-0.05, 0) is 27.6 Å². The Morgan fingerprint density at radius 3 is 1.47 bits per heavy atom. The van der Waals surface area contributed by atoms with Crippen LogP contribution < -0.4 is 0 Å². The van der Waals surface area contributed by atoms with Crippen LogP contribution in [0.4, 0.5) is 0 Å². The first-order valence-corrected chi connectivity index (χ1v) is 17.1. The summed E-state index contributed by atoms with van der Waals surface area (Å²) in [7, 11) is 4.53. The van der Waals surface area contributed by atoms with Crippen molar-refractivity contribution in [1.82, 2.24) is 4.90 Å². The average molecular weight is 620 g/mol. The van der Waals surface area contributed by atoms with Crippen LogP contribution in [0, 0.1) is 0 Å². The van der Waals surface area contributed by atoms with E-state index in [-0.39, 0.29) is 17.6 Å². The summed E-state index contributed by atoms with van der Waals surface area (Å²) in [5.41, 5.74) is 0. The van der Waals surface area contributed by atoms with Crippen LogP contribution in [0.2, 0.25) is 0 Å². The second-order valence-electron chi connectivity index (χ2n) is 9.88. The topological polar surface area (TPSA) is 55.8 Å². The number of sulfone groups is 1. The normalized spacial score (nSPS) is 12.6. The number of unbranched alkanes of at least 4 members (excludes halogenated alkanes) is 15. The van der Waals surface area contributed by atoms with Gasteiger partial charge >= 0.3 is 0 Å². The zero-order valence-electron chi connectivity index (χ0n) is 23.3. The Morgan fingerprint density at radius 1 is 0.735 bits per heavy atom. The molecule has 0 saturated heterocycles. The third kappa shape index (κ3) is 32.6. The fraction of sp³-hybridized carbons (Fsp3) is 1.00. The van der Waals surface area contributed by atoms with Crippen molar-refractivity contribution in [3.8, 4) is 0 Å². The van der Waals surface area contributed by atoms with Gasteiger partial charge in [-0.3, -0.25) is 0 Å². The summed E-state index contributed by atoms with van der Waals surface area (Å²) in [6.07, 6.45) is 21.4. The van der Waals surface area contributed by atoms with Crippen molar-refractivity contribution in [3.63, 3.8) is 0 Å². The van der Waals surface area contributed by atoms with Gasteiger partial charge in [-0.25, -0.2) is 8.42 Å². The number of hydrogen-bond donors (Lipinski definition) is 0. The molecule has 0 N–H and O–H groups in total. The quantitative estimate of drug-likeness (QED) is 0.0645. The molecule has 1 unspecified atom stereocenters. The minimum Gasteiger partial charge on any atom is -0.379 e. The van der Waals surface area contributed by atoms with E-state index in [4.69, 9.17) is 9.47 Å². The zero-order chi connectivity index (χ0) is 25.9. The van der Waals surface area contributed by atoms with Gasteiger partial charge in [0.1, 0.15) is 0 Å².